The molecule has 9 nitrogen and oxygen atoms in total. The number of esters is 1. The van der Waals surface area contributed by atoms with E-state index in [1.807, 2.05) is 0 Å². The fourth-order valence-corrected chi connectivity index (χ4v) is 5.02. The molecule has 0 fully saturated rings. The molecule has 0 aliphatic heterocycles. The number of methoxy groups -OCH3 is 1. The molecule has 0 saturated carbocycles. The van der Waals surface area contributed by atoms with Crippen LogP contribution in [0.4, 0.5) is 11.4 Å². The summed E-state index contributed by atoms with van der Waals surface area (Å²) < 4.78 is 65.9. The number of benzene rings is 3. The van der Waals surface area contributed by atoms with Crippen molar-refractivity contribution >= 4 is 37.4 Å². The van der Waals surface area contributed by atoms with E-state index in [4.69, 9.17) is 9.47 Å². The third-order valence-electron chi connectivity index (χ3n) is 4.42. The predicted molar refractivity (Wildman–Crippen MR) is 123 cm³/mol. The summed E-state index contributed by atoms with van der Waals surface area (Å²) >= 11 is 0. The molecule has 3 aromatic carbocycles. The molecular weight excluding hydrogens is 468 g/mol. The second-order valence-corrected chi connectivity index (χ2v) is 10.0. The fraction of sp³-hybridized carbons (Fsp3) is 0.136. The van der Waals surface area contributed by atoms with E-state index in [0.717, 1.165) is 0 Å². The van der Waals surface area contributed by atoms with E-state index in [9.17, 15) is 21.6 Å². The highest BCUT2D eigenvalue weighted by atomic mass is 32.2. The number of hydrogen-bond acceptors (Lipinski definition) is 7. The van der Waals surface area contributed by atoms with Gasteiger partial charge in [-0.3, -0.25) is 9.44 Å². The summed E-state index contributed by atoms with van der Waals surface area (Å²) in [7, 11) is -6.64. The van der Waals surface area contributed by atoms with Crippen LogP contribution in [0.15, 0.2) is 82.6 Å². The van der Waals surface area contributed by atoms with E-state index in [1.165, 1.54) is 55.6 Å². The Labute approximate surface area is 192 Å². The minimum Gasteiger partial charge on any atom is -0.495 e. The number of carbonyl (C=O) groups excluding carboxylic acids is 1. The summed E-state index contributed by atoms with van der Waals surface area (Å²) in [5, 5.41) is 0. The molecule has 2 N–H and O–H groups in total. The second-order valence-electron chi connectivity index (χ2n) is 6.68. The summed E-state index contributed by atoms with van der Waals surface area (Å²) in [6.45, 7) is 1.87. The number of anilines is 2. The van der Waals surface area contributed by atoms with Gasteiger partial charge in [-0.1, -0.05) is 18.2 Å². The Hall–Kier alpha value is -3.57. The van der Waals surface area contributed by atoms with E-state index in [1.54, 1.807) is 31.2 Å². The minimum atomic E-state index is -4.04. The maximum Gasteiger partial charge on any atom is 0.338 e. The maximum absolute atomic E-state index is 12.8. The van der Waals surface area contributed by atoms with Crippen molar-refractivity contribution in [2.45, 2.75) is 16.7 Å². The zero-order valence-corrected chi connectivity index (χ0v) is 19.4. The monoisotopic (exact) mass is 490 g/mol. The fourth-order valence-electron chi connectivity index (χ4n) is 2.86. The zero-order valence-electron chi connectivity index (χ0n) is 17.8. The van der Waals surface area contributed by atoms with Gasteiger partial charge in [-0.2, -0.15) is 0 Å². The topological polar surface area (TPSA) is 128 Å². The molecule has 0 aromatic heterocycles. The number of ether oxygens (including phenoxy) is 2. The summed E-state index contributed by atoms with van der Waals surface area (Å²) in [5.74, 6) is -0.223. The summed E-state index contributed by atoms with van der Waals surface area (Å²) in [4.78, 5) is 11.5. The lowest BCUT2D eigenvalue weighted by molar-refractivity contribution is 0.0526. The van der Waals surface area contributed by atoms with E-state index in [0.29, 0.717) is 5.75 Å². The summed E-state index contributed by atoms with van der Waals surface area (Å²) in [6, 6.07) is 17.1. The molecule has 174 valence electrons. The van der Waals surface area contributed by atoms with Gasteiger partial charge >= 0.3 is 5.97 Å². The number of para-hydroxylation sites is 2. The van der Waals surface area contributed by atoms with Crippen molar-refractivity contribution in [2.75, 3.05) is 23.2 Å². The molecule has 0 saturated heterocycles. The number of sulfonamides is 2. The first-order valence-electron chi connectivity index (χ1n) is 9.72. The Morgan fingerprint density at radius 3 is 2.15 bits per heavy atom. The number of hydrogen-bond donors (Lipinski definition) is 2. The largest absolute Gasteiger partial charge is 0.495 e. The highest BCUT2D eigenvalue weighted by Crippen LogP contribution is 2.27. The van der Waals surface area contributed by atoms with Crippen molar-refractivity contribution in [2.24, 2.45) is 0 Å². The Morgan fingerprint density at radius 2 is 1.48 bits per heavy atom. The molecule has 0 aliphatic rings. The van der Waals surface area contributed by atoms with E-state index in [2.05, 4.69) is 9.44 Å². The van der Waals surface area contributed by atoms with Crippen molar-refractivity contribution in [1.29, 1.82) is 0 Å². The number of nitrogens with one attached hydrogen (secondary N) is 2. The molecular formula is C22H22N2O7S2. The first kappa shape index (κ1) is 24.1. The lowest BCUT2D eigenvalue weighted by Crippen LogP contribution is -2.16. The smallest absolute Gasteiger partial charge is 0.338 e. The van der Waals surface area contributed by atoms with Crippen LogP contribution in [-0.2, 0) is 24.8 Å². The molecule has 0 atom stereocenters. The molecule has 0 heterocycles. The van der Waals surface area contributed by atoms with Crippen molar-refractivity contribution in [3.05, 3.63) is 78.4 Å². The van der Waals surface area contributed by atoms with E-state index < -0.39 is 26.0 Å². The van der Waals surface area contributed by atoms with Crippen molar-refractivity contribution in [1.82, 2.24) is 0 Å². The lowest BCUT2D eigenvalue weighted by atomic mass is 10.2. The second kappa shape index (κ2) is 9.92. The third kappa shape index (κ3) is 5.82. The van der Waals surface area contributed by atoms with Gasteiger partial charge < -0.3 is 9.47 Å². The Bertz CT molecular complexity index is 1350. The molecule has 33 heavy (non-hydrogen) atoms. The van der Waals surface area contributed by atoms with Crippen molar-refractivity contribution < 1.29 is 31.1 Å². The zero-order chi connectivity index (χ0) is 24.1. The molecule has 0 aliphatic carbocycles. The Morgan fingerprint density at radius 1 is 0.818 bits per heavy atom. The molecule has 11 heteroatoms. The van der Waals surface area contributed by atoms with Crippen molar-refractivity contribution in [3.63, 3.8) is 0 Å². The van der Waals surface area contributed by atoms with Crippen LogP contribution in [0, 0.1) is 0 Å². The van der Waals surface area contributed by atoms with Gasteiger partial charge in [0.05, 0.1) is 40.4 Å². The first-order valence-corrected chi connectivity index (χ1v) is 12.7. The molecule has 0 radical (unpaired) electrons. The van der Waals surface area contributed by atoms with Crippen LogP contribution in [0.25, 0.3) is 0 Å². The van der Waals surface area contributed by atoms with Crippen LogP contribution in [0.1, 0.15) is 17.3 Å². The van der Waals surface area contributed by atoms with Gasteiger partial charge in [0.25, 0.3) is 20.0 Å². The predicted octanol–water partition coefficient (Wildman–Crippen LogP) is 3.47. The van der Waals surface area contributed by atoms with Crippen LogP contribution in [0.3, 0.4) is 0 Å². The van der Waals surface area contributed by atoms with E-state index >= 15 is 0 Å². The van der Waals surface area contributed by atoms with Gasteiger partial charge in [0.2, 0.25) is 0 Å². The third-order valence-corrected chi connectivity index (χ3v) is 7.18. The Balaban J connectivity index is 1.82. The molecule has 3 aromatic rings. The quantitative estimate of drug-likeness (QED) is 0.440. The van der Waals surface area contributed by atoms with Gasteiger partial charge in [-0.05, 0) is 61.5 Å². The van der Waals surface area contributed by atoms with Crippen molar-refractivity contribution in [3.8, 4) is 5.75 Å². The van der Waals surface area contributed by atoms with Gasteiger partial charge in [-0.25, -0.2) is 21.6 Å². The first-order chi connectivity index (χ1) is 15.7. The van der Waals surface area contributed by atoms with Gasteiger partial charge in [0.15, 0.2) is 0 Å². The molecule has 3 rings (SSSR count). The van der Waals surface area contributed by atoms with Gasteiger partial charge in [-0.15, -0.1) is 0 Å². The van der Waals surface area contributed by atoms with Crippen LogP contribution in [0.5, 0.6) is 5.75 Å². The standard InChI is InChI=1S/C22H22N2O7S2/c1-3-31-22(25)16-11-13-18(14-12-16)32(26,27)23-17-7-6-8-19(15-17)33(28,29)24-20-9-4-5-10-21(20)30-2/h4-15,23-24H,3H2,1-2H3. The molecule has 0 unspecified atom stereocenters. The highest BCUT2D eigenvalue weighted by Gasteiger charge is 2.19. The summed E-state index contributed by atoms with van der Waals surface area (Å²) in [5.41, 5.74) is 0.506. The van der Waals surface area contributed by atoms with Gasteiger partial charge in [0, 0.05) is 0 Å². The van der Waals surface area contributed by atoms with Gasteiger partial charge in [0.1, 0.15) is 5.75 Å². The average Bonchev–Trinajstić information content (AvgIpc) is 2.79. The highest BCUT2D eigenvalue weighted by molar-refractivity contribution is 7.93. The average molecular weight is 491 g/mol. The molecule has 0 amide bonds. The SMILES string of the molecule is CCOC(=O)c1ccc(S(=O)(=O)Nc2cccc(S(=O)(=O)Nc3ccccc3OC)c2)cc1. The summed E-state index contributed by atoms with van der Waals surface area (Å²) in [6.07, 6.45) is 0. The normalized spacial score (nSPS) is 11.5. The van der Waals surface area contributed by atoms with E-state index in [-0.39, 0.29) is 33.3 Å². The van der Waals surface area contributed by atoms with Crippen LogP contribution in [0.2, 0.25) is 0 Å². The molecule has 0 spiro atoms. The maximum atomic E-state index is 12.8. The van der Waals surface area contributed by atoms with Crippen LogP contribution < -0.4 is 14.2 Å². The van der Waals surface area contributed by atoms with Crippen LogP contribution in [-0.4, -0.2) is 36.5 Å². The Kier molecular flexibility index (Phi) is 7.24. The van der Waals surface area contributed by atoms with Crippen LogP contribution >= 0.6 is 0 Å². The lowest BCUT2D eigenvalue weighted by Gasteiger charge is -2.13. The number of rotatable bonds is 9. The minimum absolute atomic E-state index is 0.0485. The molecule has 0 bridgehead atoms. The number of carbonyl (C=O) groups is 1.